The van der Waals surface area contributed by atoms with E-state index in [1.807, 2.05) is 17.8 Å². The van der Waals surface area contributed by atoms with Crippen molar-refractivity contribution in [3.63, 3.8) is 0 Å². The molecule has 1 aliphatic heterocycles. The molecule has 5 heteroatoms. The number of hydrogen-bond donors (Lipinski definition) is 1. The number of likely N-dealkylation sites (tertiary alicyclic amines) is 1. The van der Waals surface area contributed by atoms with Crippen LogP contribution in [0.1, 0.15) is 23.7 Å². The van der Waals surface area contributed by atoms with Gasteiger partial charge in [0.2, 0.25) is 0 Å². The van der Waals surface area contributed by atoms with Gasteiger partial charge in [-0.3, -0.25) is 9.58 Å². The number of rotatable bonds is 3. The van der Waals surface area contributed by atoms with Crippen molar-refractivity contribution in [1.29, 1.82) is 0 Å². The van der Waals surface area contributed by atoms with Crippen molar-refractivity contribution in [2.45, 2.75) is 25.1 Å². The van der Waals surface area contributed by atoms with Crippen molar-refractivity contribution in [3.8, 4) is 0 Å². The van der Waals surface area contributed by atoms with Crippen LogP contribution >= 0.6 is 0 Å². The van der Waals surface area contributed by atoms with Gasteiger partial charge < -0.3 is 5.11 Å². The molecule has 2 heterocycles. The van der Waals surface area contributed by atoms with Gasteiger partial charge in [-0.1, -0.05) is 12.1 Å². The summed E-state index contributed by atoms with van der Waals surface area (Å²) in [7, 11) is 1.91. The molecule has 1 aromatic carbocycles. The largest absolute Gasteiger partial charge is 0.392 e. The highest BCUT2D eigenvalue weighted by Gasteiger charge is 2.32. The fourth-order valence-corrected chi connectivity index (χ4v) is 2.85. The van der Waals surface area contributed by atoms with Crippen molar-refractivity contribution < 1.29 is 9.50 Å². The molecule has 0 spiro atoms. The van der Waals surface area contributed by atoms with E-state index in [-0.39, 0.29) is 18.0 Å². The van der Waals surface area contributed by atoms with Gasteiger partial charge in [0.15, 0.2) is 0 Å². The molecule has 0 unspecified atom stereocenters. The number of nitrogens with zero attached hydrogens (tertiary/aromatic N) is 3. The first-order valence-corrected chi connectivity index (χ1v) is 6.78. The smallest absolute Gasteiger partial charge is 0.123 e. The molecule has 0 amide bonds. The van der Waals surface area contributed by atoms with E-state index in [1.165, 1.54) is 12.1 Å². The Balaban J connectivity index is 1.81. The lowest BCUT2D eigenvalue weighted by molar-refractivity contribution is 0.171. The van der Waals surface area contributed by atoms with Crippen LogP contribution in [0.3, 0.4) is 0 Å². The molecule has 1 saturated heterocycles. The number of aryl methyl sites for hydroxylation is 1. The number of hydrogen-bond acceptors (Lipinski definition) is 3. The summed E-state index contributed by atoms with van der Waals surface area (Å²) in [5.74, 6) is -0.231. The lowest BCUT2D eigenvalue weighted by Crippen LogP contribution is -2.25. The van der Waals surface area contributed by atoms with Crippen LogP contribution in [0.15, 0.2) is 36.5 Å². The average Bonchev–Trinajstić information content (AvgIpc) is 2.98. The van der Waals surface area contributed by atoms with Crippen molar-refractivity contribution in [2.24, 2.45) is 7.05 Å². The molecule has 0 bridgehead atoms. The minimum atomic E-state index is -0.335. The van der Waals surface area contributed by atoms with Crippen LogP contribution in [-0.2, 0) is 13.6 Å². The van der Waals surface area contributed by atoms with Gasteiger partial charge in [-0.05, 0) is 30.2 Å². The van der Waals surface area contributed by atoms with Crippen molar-refractivity contribution in [2.75, 3.05) is 6.54 Å². The Labute approximate surface area is 117 Å². The van der Waals surface area contributed by atoms with Crippen molar-refractivity contribution in [3.05, 3.63) is 53.6 Å². The van der Waals surface area contributed by atoms with Gasteiger partial charge in [0, 0.05) is 32.4 Å². The van der Waals surface area contributed by atoms with E-state index in [4.69, 9.17) is 0 Å². The molecule has 106 valence electrons. The van der Waals surface area contributed by atoms with E-state index in [0.29, 0.717) is 13.0 Å². The Hall–Kier alpha value is -1.72. The lowest BCUT2D eigenvalue weighted by Gasteiger charge is -2.24. The van der Waals surface area contributed by atoms with E-state index in [1.54, 1.807) is 18.3 Å². The highest BCUT2D eigenvalue weighted by Crippen LogP contribution is 2.33. The maximum atomic E-state index is 13.0. The topological polar surface area (TPSA) is 41.3 Å². The van der Waals surface area contributed by atoms with Crippen LogP contribution in [0.4, 0.5) is 4.39 Å². The Morgan fingerprint density at radius 3 is 2.70 bits per heavy atom. The molecular weight excluding hydrogens is 257 g/mol. The van der Waals surface area contributed by atoms with Gasteiger partial charge >= 0.3 is 0 Å². The second-order valence-electron chi connectivity index (χ2n) is 5.33. The molecule has 2 atom stereocenters. The summed E-state index contributed by atoms with van der Waals surface area (Å²) in [5.41, 5.74) is 2.15. The first kappa shape index (κ1) is 13.3. The molecule has 1 aromatic heterocycles. The molecule has 0 radical (unpaired) electrons. The van der Waals surface area contributed by atoms with Crippen LogP contribution in [0.2, 0.25) is 0 Å². The summed E-state index contributed by atoms with van der Waals surface area (Å²) in [6.07, 6.45) is 2.12. The molecule has 20 heavy (non-hydrogen) atoms. The fraction of sp³-hybridized carbons (Fsp3) is 0.400. The average molecular weight is 275 g/mol. The monoisotopic (exact) mass is 275 g/mol. The number of halogens is 1. The minimum Gasteiger partial charge on any atom is -0.392 e. The summed E-state index contributed by atoms with van der Waals surface area (Å²) >= 11 is 0. The van der Waals surface area contributed by atoms with Crippen LogP contribution in [0.5, 0.6) is 0 Å². The fourth-order valence-electron chi connectivity index (χ4n) is 2.85. The highest BCUT2D eigenvalue weighted by molar-refractivity contribution is 5.22. The number of aromatic nitrogens is 2. The van der Waals surface area contributed by atoms with E-state index >= 15 is 0 Å². The summed E-state index contributed by atoms with van der Waals surface area (Å²) in [4.78, 5) is 2.22. The van der Waals surface area contributed by atoms with Gasteiger partial charge in [0.05, 0.1) is 11.8 Å². The normalized spacial score (nSPS) is 23.4. The SMILES string of the molecule is Cn1nccc1CN1C[C@@H](O)C[C@@H]1c1ccc(F)cc1. The zero-order valence-electron chi connectivity index (χ0n) is 11.4. The van der Waals surface area contributed by atoms with E-state index in [0.717, 1.165) is 17.8 Å². The zero-order chi connectivity index (χ0) is 14.1. The Morgan fingerprint density at radius 2 is 2.05 bits per heavy atom. The molecule has 4 nitrogen and oxygen atoms in total. The molecule has 1 aliphatic rings. The number of benzene rings is 1. The standard InChI is InChI=1S/C15H18FN3O/c1-18-13(6-7-17-18)9-19-10-14(20)8-15(19)11-2-4-12(16)5-3-11/h2-7,14-15,20H,8-10H2,1H3/t14-,15+/m0/s1. The van der Waals surface area contributed by atoms with Gasteiger partial charge in [0.25, 0.3) is 0 Å². The highest BCUT2D eigenvalue weighted by atomic mass is 19.1. The summed E-state index contributed by atoms with van der Waals surface area (Å²) in [5, 5.41) is 14.1. The van der Waals surface area contributed by atoms with Crippen molar-refractivity contribution in [1.82, 2.24) is 14.7 Å². The predicted octanol–water partition coefficient (Wildman–Crippen LogP) is 1.87. The second kappa shape index (κ2) is 5.34. The molecular formula is C15H18FN3O. The Bertz CT molecular complexity index is 581. The number of β-amino-alcohol motifs (C(OH)–C–C–N with tert-alkyl or cyclic N) is 1. The Morgan fingerprint density at radius 1 is 1.30 bits per heavy atom. The van der Waals surface area contributed by atoms with E-state index < -0.39 is 0 Å². The third kappa shape index (κ3) is 2.59. The van der Waals surface area contributed by atoms with E-state index in [9.17, 15) is 9.50 Å². The summed E-state index contributed by atoms with van der Waals surface area (Å²) < 4.78 is 14.9. The van der Waals surface area contributed by atoms with Crippen LogP contribution < -0.4 is 0 Å². The maximum absolute atomic E-state index is 13.0. The van der Waals surface area contributed by atoms with Crippen LogP contribution in [0, 0.1) is 5.82 Å². The van der Waals surface area contributed by atoms with Crippen molar-refractivity contribution >= 4 is 0 Å². The summed E-state index contributed by atoms with van der Waals surface area (Å²) in [6, 6.07) is 8.65. The lowest BCUT2D eigenvalue weighted by atomic mass is 10.0. The molecule has 0 saturated carbocycles. The molecule has 1 fully saturated rings. The second-order valence-corrected chi connectivity index (χ2v) is 5.33. The molecule has 0 aliphatic carbocycles. The third-order valence-corrected chi connectivity index (χ3v) is 3.92. The van der Waals surface area contributed by atoms with Gasteiger partial charge in [-0.15, -0.1) is 0 Å². The number of aliphatic hydroxyl groups is 1. The quantitative estimate of drug-likeness (QED) is 0.929. The van der Waals surface area contributed by atoms with Gasteiger partial charge in [-0.2, -0.15) is 5.10 Å². The van der Waals surface area contributed by atoms with Gasteiger partial charge in [-0.25, -0.2) is 4.39 Å². The van der Waals surface area contributed by atoms with E-state index in [2.05, 4.69) is 10.00 Å². The zero-order valence-corrected chi connectivity index (χ0v) is 11.4. The molecule has 2 aromatic rings. The first-order valence-electron chi connectivity index (χ1n) is 6.78. The van der Waals surface area contributed by atoms with Gasteiger partial charge in [0.1, 0.15) is 5.82 Å². The maximum Gasteiger partial charge on any atom is 0.123 e. The number of aliphatic hydroxyl groups excluding tert-OH is 1. The Kier molecular flexibility index (Phi) is 3.54. The first-order chi connectivity index (χ1) is 9.63. The van der Waals surface area contributed by atoms with Crippen LogP contribution in [0.25, 0.3) is 0 Å². The summed E-state index contributed by atoms with van der Waals surface area (Å²) in [6.45, 7) is 1.36. The van der Waals surface area contributed by atoms with Crippen LogP contribution in [-0.4, -0.2) is 32.4 Å². The predicted molar refractivity (Wildman–Crippen MR) is 73.4 cm³/mol. The third-order valence-electron chi connectivity index (χ3n) is 3.92. The minimum absolute atomic E-state index is 0.125. The molecule has 1 N–H and O–H groups in total. The molecule has 3 rings (SSSR count).